The van der Waals surface area contributed by atoms with Crippen molar-refractivity contribution in [2.45, 2.75) is 25.6 Å². The Morgan fingerprint density at radius 1 is 1.19 bits per heavy atom. The van der Waals surface area contributed by atoms with Gasteiger partial charge in [-0.2, -0.15) is 15.0 Å². The van der Waals surface area contributed by atoms with Crippen LogP contribution >= 0.6 is 0 Å². The molecule has 0 radical (unpaired) electrons. The minimum atomic E-state index is -0.714. The number of hydrogen-bond donors (Lipinski definition) is 2. The number of nitrogen functional groups attached to an aromatic ring is 1. The Morgan fingerprint density at radius 2 is 1.85 bits per heavy atom. The number of benzene rings is 1. The zero-order valence-corrected chi connectivity index (χ0v) is 16.3. The SMILES string of the molecule is COc1ccc(OC)c2c1CN([C@H](C)c1nc(N)nc(N(C)C)n1)C[C@@H]2O. The summed E-state index contributed by atoms with van der Waals surface area (Å²) in [6.45, 7) is 2.97. The van der Waals surface area contributed by atoms with Gasteiger partial charge in [-0.15, -0.1) is 0 Å². The van der Waals surface area contributed by atoms with Crippen molar-refractivity contribution < 1.29 is 14.6 Å². The number of ether oxygens (including phenoxy) is 2. The largest absolute Gasteiger partial charge is 0.496 e. The van der Waals surface area contributed by atoms with Crippen molar-refractivity contribution in [3.05, 3.63) is 29.1 Å². The van der Waals surface area contributed by atoms with E-state index < -0.39 is 6.10 Å². The van der Waals surface area contributed by atoms with E-state index in [1.54, 1.807) is 19.1 Å². The molecule has 1 aliphatic rings. The third-order valence-electron chi connectivity index (χ3n) is 4.80. The molecule has 1 aromatic heterocycles. The molecule has 0 aliphatic carbocycles. The Kier molecular flexibility index (Phi) is 5.33. The number of hydrogen-bond acceptors (Lipinski definition) is 9. The van der Waals surface area contributed by atoms with Gasteiger partial charge in [-0.3, -0.25) is 4.90 Å². The second-order valence-electron chi connectivity index (χ2n) is 6.73. The second kappa shape index (κ2) is 7.53. The predicted molar refractivity (Wildman–Crippen MR) is 102 cm³/mol. The number of aliphatic hydroxyl groups excluding tert-OH is 1. The third-order valence-corrected chi connectivity index (χ3v) is 4.80. The van der Waals surface area contributed by atoms with Gasteiger partial charge in [0.25, 0.3) is 0 Å². The van der Waals surface area contributed by atoms with Gasteiger partial charge in [-0.1, -0.05) is 0 Å². The topological polar surface area (TPSA) is 110 Å². The molecule has 1 aromatic carbocycles. The molecule has 2 heterocycles. The number of fused-ring (bicyclic) bond motifs is 1. The van der Waals surface area contributed by atoms with Crippen LogP contribution < -0.4 is 20.1 Å². The van der Waals surface area contributed by atoms with E-state index in [0.717, 1.165) is 11.1 Å². The smallest absolute Gasteiger partial charge is 0.229 e. The molecule has 2 atom stereocenters. The van der Waals surface area contributed by atoms with Crippen LogP contribution in [0.3, 0.4) is 0 Å². The highest BCUT2D eigenvalue weighted by Gasteiger charge is 2.33. The molecule has 9 heteroatoms. The average molecular weight is 374 g/mol. The van der Waals surface area contributed by atoms with Crippen LogP contribution in [0, 0.1) is 0 Å². The van der Waals surface area contributed by atoms with Crippen LogP contribution in [0.2, 0.25) is 0 Å². The Bertz CT molecular complexity index is 829. The Hall–Kier alpha value is -2.65. The second-order valence-corrected chi connectivity index (χ2v) is 6.73. The number of anilines is 2. The predicted octanol–water partition coefficient (Wildman–Crippen LogP) is 1.15. The van der Waals surface area contributed by atoms with Gasteiger partial charge in [0.1, 0.15) is 11.5 Å². The monoisotopic (exact) mass is 374 g/mol. The normalized spacial score (nSPS) is 17.9. The molecule has 27 heavy (non-hydrogen) atoms. The molecule has 9 nitrogen and oxygen atoms in total. The summed E-state index contributed by atoms with van der Waals surface area (Å²) in [5, 5.41) is 10.8. The van der Waals surface area contributed by atoms with E-state index in [4.69, 9.17) is 15.2 Å². The molecular formula is C18H26N6O3. The van der Waals surface area contributed by atoms with Crippen LogP contribution in [-0.4, -0.2) is 59.8 Å². The first kappa shape index (κ1) is 19.1. The lowest BCUT2D eigenvalue weighted by Crippen LogP contribution is -2.37. The van der Waals surface area contributed by atoms with Crippen LogP contribution in [0.4, 0.5) is 11.9 Å². The third kappa shape index (κ3) is 3.60. The Morgan fingerprint density at radius 3 is 2.48 bits per heavy atom. The highest BCUT2D eigenvalue weighted by molar-refractivity contribution is 5.51. The van der Waals surface area contributed by atoms with Gasteiger partial charge < -0.3 is 25.2 Å². The van der Waals surface area contributed by atoms with Crippen LogP contribution in [0.5, 0.6) is 11.5 Å². The molecule has 0 unspecified atom stereocenters. The molecular weight excluding hydrogens is 348 g/mol. The number of nitrogens with zero attached hydrogens (tertiary/aromatic N) is 5. The van der Waals surface area contributed by atoms with Gasteiger partial charge in [0.2, 0.25) is 11.9 Å². The number of rotatable bonds is 5. The Balaban J connectivity index is 1.97. The maximum absolute atomic E-state index is 10.8. The van der Waals surface area contributed by atoms with Crippen molar-refractivity contribution in [2.24, 2.45) is 0 Å². The lowest BCUT2D eigenvalue weighted by molar-refractivity contribution is 0.0639. The standard InChI is InChI=1S/C18H26N6O3/c1-10(16-20-17(19)22-18(21-16)23(2)3)24-8-11-13(26-4)6-7-14(27-5)15(11)12(25)9-24/h6-7,10,12,25H,8-9H2,1-5H3,(H2,19,20,21,22)/t10-,12+/m1/s1. The van der Waals surface area contributed by atoms with Gasteiger partial charge in [0.15, 0.2) is 5.82 Å². The molecule has 0 amide bonds. The lowest BCUT2D eigenvalue weighted by atomic mass is 9.94. The van der Waals surface area contributed by atoms with Crippen LogP contribution in [-0.2, 0) is 6.54 Å². The van der Waals surface area contributed by atoms with Gasteiger partial charge in [-0.25, -0.2) is 0 Å². The minimum absolute atomic E-state index is 0.173. The number of aromatic nitrogens is 3. The summed E-state index contributed by atoms with van der Waals surface area (Å²) in [6, 6.07) is 3.49. The maximum atomic E-state index is 10.8. The fourth-order valence-electron chi connectivity index (χ4n) is 3.34. The molecule has 0 bridgehead atoms. The van der Waals surface area contributed by atoms with Crippen LogP contribution in [0.1, 0.15) is 36.0 Å². The fourth-order valence-corrected chi connectivity index (χ4v) is 3.34. The average Bonchev–Trinajstić information content (AvgIpc) is 2.65. The van der Waals surface area contributed by atoms with E-state index in [1.165, 1.54) is 0 Å². The summed E-state index contributed by atoms with van der Waals surface area (Å²) in [6.07, 6.45) is -0.714. The van der Waals surface area contributed by atoms with Crippen molar-refractivity contribution in [2.75, 3.05) is 45.5 Å². The maximum Gasteiger partial charge on any atom is 0.229 e. The molecule has 0 saturated carbocycles. The molecule has 3 rings (SSSR count). The van der Waals surface area contributed by atoms with Crippen molar-refractivity contribution >= 4 is 11.9 Å². The molecule has 3 N–H and O–H groups in total. The summed E-state index contributed by atoms with van der Waals surface area (Å²) in [5.41, 5.74) is 7.53. The van der Waals surface area contributed by atoms with E-state index >= 15 is 0 Å². The first-order chi connectivity index (χ1) is 12.8. The molecule has 0 fully saturated rings. The van der Waals surface area contributed by atoms with Crippen LogP contribution in [0.25, 0.3) is 0 Å². The number of aliphatic hydroxyl groups is 1. The molecule has 2 aromatic rings. The van der Waals surface area contributed by atoms with Gasteiger partial charge in [-0.05, 0) is 19.1 Å². The van der Waals surface area contributed by atoms with Crippen molar-refractivity contribution in [3.8, 4) is 11.5 Å². The van der Waals surface area contributed by atoms with Crippen molar-refractivity contribution in [1.29, 1.82) is 0 Å². The van der Waals surface area contributed by atoms with E-state index in [1.807, 2.05) is 33.2 Å². The first-order valence-corrected chi connectivity index (χ1v) is 8.70. The summed E-state index contributed by atoms with van der Waals surface area (Å²) in [7, 11) is 6.91. The van der Waals surface area contributed by atoms with E-state index in [0.29, 0.717) is 36.4 Å². The Labute approximate surface area is 158 Å². The summed E-state index contributed by atoms with van der Waals surface area (Å²) >= 11 is 0. The quantitative estimate of drug-likeness (QED) is 0.796. The van der Waals surface area contributed by atoms with Crippen LogP contribution in [0.15, 0.2) is 12.1 Å². The summed E-state index contributed by atoms with van der Waals surface area (Å²) in [5.74, 6) is 2.61. The zero-order chi connectivity index (χ0) is 19.7. The van der Waals surface area contributed by atoms with Gasteiger partial charge in [0, 0.05) is 38.3 Å². The van der Waals surface area contributed by atoms with E-state index in [2.05, 4.69) is 19.9 Å². The van der Waals surface area contributed by atoms with E-state index in [9.17, 15) is 5.11 Å². The number of β-amino-alcohol motifs (C(OH)–C–C–N with tert-alkyl or cyclic N) is 1. The number of methoxy groups -OCH3 is 2. The molecule has 0 spiro atoms. The van der Waals surface area contributed by atoms with Gasteiger partial charge >= 0.3 is 0 Å². The van der Waals surface area contributed by atoms with Crippen molar-refractivity contribution in [3.63, 3.8) is 0 Å². The van der Waals surface area contributed by atoms with E-state index in [-0.39, 0.29) is 12.0 Å². The highest BCUT2D eigenvalue weighted by Crippen LogP contribution is 2.41. The fraction of sp³-hybridized carbons (Fsp3) is 0.500. The summed E-state index contributed by atoms with van der Waals surface area (Å²) in [4.78, 5) is 16.8. The lowest BCUT2D eigenvalue weighted by Gasteiger charge is -2.36. The zero-order valence-electron chi connectivity index (χ0n) is 16.3. The number of nitrogens with two attached hydrogens (primary N) is 1. The molecule has 146 valence electrons. The minimum Gasteiger partial charge on any atom is -0.496 e. The van der Waals surface area contributed by atoms with Gasteiger partial charge in [0.05, 0.1) is 26.4 Å². The first-order valence-electron chi connectivity index (χ1n) is 8.70. The van der Waals surface area contributed by atoms with Crippen molar-refractivity contribution in [1.82, 2.24) is 19.9 Å². The molecule has 0 saturated heterocycles. The summed E-state index contributed by atoms with van der Waals surface area (Å²) < 4.78 is 10.9. The highest BCUT2D eigenvalue weighted by atomic mass is 16.5. The molecule has 1 aliphatic heterocycles.